The number of rotatable bonds is 5. The zero-order valence-electron chi connectivity index (χ0n) is 16.1. The predicted molar refractivity (Wildman–Crippen MR) is 106 cm³/mol. The normalized spacial score (nSPS) is 11.4. The maximum atomic E-state index is 12.3. The quantitative estimate of drug-likeness (QED) is 0.479. The van der Waals surface area contributed by atoms with E-state index < -0.39 is 11.4 Å². The molecule has 28 heavy (non-hydrogen) atoms. The number of hydrogen-bond donors (Lipinski definition) is 0. The molecule has 0 saturated carbocycles. The van der Waals surface area contributed by atoms with Gasteiger partial charge in [-0.25, -0.2) is 4.79 Å². The molecule has 0 bridgehead atoms. The lowest BCUT2D eigenvalue weighted by Crippen LogP contribution is -2.16. The van der Waals surface area contributed by atoms with Gasteiger partial charge in [0.2, 0.25) is 11.2 Å². The van der Waals surface area contributed by atoms with Gasteiger partial charge in [-0.15, -0.1) is 10.2 Å². The van der Waals surface area contributed by atoms with Crippen molar-refractivity contribution >= 4 is 17.7 Å². The van der Waals surface area contributed by atoms with Crippen molar-refractivity contribution in [3.05, 3.63) is 70.0 Å². The summed E-state index contributed by atoms with van der Waals surface area (Å²) in [5, 5.41) is 8.45. The van der Waals surface area contributed by atoms with Crippen LogP contribution in [0.15, 0.2) is 57.3 Å². The molecule has 2 heterocycles. The number of benzene rings is 1. The second kappa shape index (κ2) is 8.02. The number of nitrogens with zero attached hydrogens (tertiary/aromatic N) is 3. The van der Waals surface area contributed by atoms with Gasteiger partial charge in [0.05, 0.1) is 11.3 Å². The molecule has 0 amide bonds. The van der Waals surface area contributed by atoms with E-state index in [-0.39, 0.29) is 11.2 Å². The first-order valence-electron chi connectivity index (χ1n) is 8.65. The molecule has 0 aliphatic carbocycles. The van der Waals surface area contributed by atoms with E-state index in [2.05, 4.69) is 31.0 Å². The minimum Gasteiger partial charge on any atom is -0.464 e. The zero-order valence-corrected chi connectivity index (χ0v) is 16.9. The minimum absolute atomic E-state index is 0.0116. The molecule has 3 aromatic rings. The Morgan fingerprint density at radius 3 is 2.54 bits per heavy atom. The molecule has 0 spiro atoms. The molecule has 2 aromatic heterocycles. The lowest BCUT2D eigenvalue weighted by atomic mass is 9.87. The van der Waals surface area contributed by atoms with Gasteiger partial charge in [0.25, 0.3) is 0 Å². The Bertz CT molecular complexity index is 1030. The first kappa shape index (κ1) is 19.9. The lowest BCUT2D eigenvalue weighted by molar-refractivity contribution is 0.0728. The Labute approximate surface area is 166 Å². The van der Waals surface area contributed by atoms with Crippen molar-refractivity contribution < 1.29 is 13.9 Å². The summed E-state index contributed by atoms with van der Waals surface area (Å²) in [6.45, 7) is 6.28. The van der Waals surface area contributed by atoms with Crippen LogP contribution in [-0.2, 0) is 18.2 Å². The average molecular weight is 399 g/mol. The Kier molecular flexibility index (Phi) is 5.69. The molecule has 0 aliphatic rings. The molecule has 0 aliphatic heterocycles. The molecule has 0 saturated heterocycles. The SMILES string of the molecule is Cn1cnnc1SCc1cc(=O)c(OC(=O)c2ccc(C(C)(C)C)cc2)co1. The molecule has 0 N–H and O–H groups in total. The van der Waals surface area contributed by atoms with Crippen molar-refractivity contribution in [1.29, 1.82) is 0 Å². The topological polar surface area (TPSA) is 87.2 Å². The summed E-state index contributed by atoms with van der Waals surface area (Å²) in [5.74, 6) is 0.114. The van der Waals surface area contributed by atoms with Gasteiger partial charge in [0.15, 0.2) is 5.16 Å². The average Bonchev–Trinajstić information content (AvgIpc) is 3.06. The van der Waals surface area contributed by atoms with E-state index >= 15 is 0 Å². The van der Waals surface area contributed by atoms with E-state index in [0.29, 0.717) is 22.2 Å². The van der Waals surface area contributed by atoms with Crippen molar-refractivity contribution in [2.24, 2.45) is 7.05 Å². The first-order valence-corrected chi connectivity index (χ1v) is 9.64. The number of esters is 1. The molecular formula is C20H21N3O4S. The molecule has 8 heteroatoms. The van der Waals surface area contributed by atoms with Gasteiger partial charge in [-0.2, -0.15) is 0 Å². The molecular weight excluding hydrogens is 378 g/mol. The van der Waals surface area contributed by atoms with E-state index in [0.717, 1.165) is 11.8 Å². The van der Waals surface area contributed by atoms with Crippen LogP contribution in [0.1, 0.15) is 42.5 Å². The maximum absolute atomic E-state index is 12.3. The fourth-order valence-corrected chi connectivity index (χ4v) is 3.17. The number of ether oxygens (including phenoxy) is 1. The number of carbonyl (C=O) groups excluding carboxylic acids is 1. The Morgan fingerprint density at radius 2 is 1.96 bits per heavy atom. The third kappa shape index (κ3) is 4.69. The highest BCUT2D eigenvalue weighted by molar-refractivity contribution is 7.98. The van der Waals surface area contributed by atoms with Gasteiger partial charge >= 0.3 is 5.97 Å². The fraction of sp³-hybridized carbons (Fsp3) is 0.300. The van der Waals surface area contributed by atoms with Crippen LogP contribution in [0.2, 0.25) is 0 Å². The number of aromatic nitrogens is 3. The van der Waals surface area contributed by atoms with Crippen LogP contribution in [0.3, 0.4) is 0 Å². The summed E-state index contributed by atoms with van der Waals surface area (Å²) in [7, 11) is 1.83. The number of aryl methyl sites for hydroxylation is 1. The van der Waals surface area contributed by atoms with Gasteiger partial charge in [-0.1, -0.05) is 44.7 Å². The first-order chi connectivity index (χ1) is 13.2. The van der Waals surface area contributed by atoms with E-state index in [9.17, 15) is 9.59 Å². The van der Waals surface area contributed by atoms with Gasteiger partial charge in [-0.05, 0) is 23.1 Å². The van der Waals surface area contributed by atoms with Crippen LogP contribution in [-0.4, -0.2) is 20.7 Å². The van der Waals surface area contributed by atoms with E-state index in [1.807, 2.05) is 19.2 Å². The zero-order chi connectivity index (χ0) is 20.3. The summed E-state index contributed by atoms with van der Waals surface area (Å²) in [6.07, 6.45) is 2.76. The third-order valence-corrected chi connectivity index (χ3v) is 5.11. The second-order valence-electron chi connectivity index (χ2n) is 7.30. The van der Waals surface area contributed by atoms with Crippen LogP contribution in [0.25, 0.3) is 0 Å². The van der Waals surface area contributed by atoms with Crippen LogP contribution < -0.4 is 10.2 Å². The maximum Gasteiger partial charge on any atom is 0.343 e. The highest BCUT2D eigenvalue weighted by Crippen LogP contribution is 2.23. The van der Waals surface area contributed by atoms with Crippen LogP contribution in [0.5, 0.6) is 5.75 Å². The Hall–Kier alpha value is -2.87. The highest BCUT2D eigenvalue weighted by Gasteiger charge is 2.16. The molecule has 146 valence electrons. The Morgan fingerprint density at radius 1 is 1.25 bits per heavy atom. The van der Waals surface area contributed by atoms with Gasteiger partial charge in [0, 0.05) is 13.1 Å². The summed E-state index contributed by atoms with van der Waals surface area (Å²) in [5.41, 5.74) is 1.05. The van der Waals surface area contributed by atoms with E-state index in [1.54, 1.807) is 23.0 Å². The van der Waals surface area contributed by atoms with Crippen molar-refractivity contribution in [3.63, 3.8) is 0 Å². The van der Waals surface area contributed by atoms with Crippen molar-refractivity contribution in [3.8, 4) is 5.75 Å². The predicted octanol–water partition coefficient (Wildman–Crippen LogP) is 3.58. The summed E-state index contributed by atoms with van der Waals surface area (Å²) >= 11 is 1.38. The molecule has 0 radical (unpaired) electrons. The molecule has 7 nitrogen and oxygen atoms in total. The van der Waals surface area contributed by atoms with Crippen molar-refractivity contribution in [2.45, 2.75) is 37.1 Å². The van der Waals surface area contributed by atoms with Crippen molar-refractivity contribution in [1.82, 2.24) is 14.8 Å². The molecule has 3 rings (SSSR count). The molecule has 0 unspecified atom stereocenters. The fourth-order valence-electron chi connectivity index (χ4n) is 2.39. The van der Waals surface area contributed by atoms with E-state index in [4.69, 9.17) is 9.15 Å². The van der Waals surface area contributed by atoms with Gasteiger partial charge in [0.1, 0.15) is 18.4 Å². The van der Waals surface area contributed by atoms with E-state index in [1.165, 1.54) is 17.8 Å². The lowest BCUT2D eigenvalue weighted by Gasteiger charge is -2.18. The van der Waals surface area contributed by atoms with Crippen molar-refractivity contribution in [2.75, 3.05) is 0 Å². The number of carbonyl (C=O) groups is 1. The smallest absolute Gasteiger partial charge is 0.343 e. The monoisotopic (exact) mass is 399 g/mol. The molecule has 0 atom stereocenters. The van der Waals surface area contributed by atoms with Crippen LogP contribution in [0, 0.1) is 0 Å². The van der Waals surface area contributed by atoms with Crippen LogP contribution in [0.4, 0.5) is 0 Å². The Balaban J connectivity index is 1.66. The highest BCUT2D eigenvalue weighted by atomic mass is 32.2. The largest absolute Gasteiger partial charge is 0.464 e. The number of hydrogen-bond acceptors (Lipinski definition) is 7. The van der Waals surface area contributed by atoms with Crippen LogP contribution >= 0.6 is 11.8 Å². The van der Waals surface area contributed by atoms with Gasteiger partial charge < -0.3 is 13.7 Å². The minimum atomic E-state index is -0.603. The summed E-state index contributed by atoms with van der Waals surface area (Å²) in [4.78, 5) is 24.5. The molecule has 0 fully saturated rings. The summed E-state index contributed by atoms with van der Waals surface area (Å²) in [6, 6.07) is 8.46. The summed E-state index contributed by atoms with van der Waals surface area (Å²) < 4.78 is 12.4. The standard InChI is InChI=1S/C20H21N3O4S/c1-20(2,3)14-7-5-13(6-8-14)18(25)27-17-10-26-15(9-16(17)24)11-28-19-22-21-12-23(19)4/h5-10,12H,11H2,1-4H3. The molecule has 1 aromatic carbocycles. The van der Waals surface area contributed by atoms with Gasteiger partial charge in [-0.3, -0.25) is 4.79 Å². The number of thioether (sulfide) groups is 1. The second-order valence-corrected chi connectivity index (χ2v) is 8.25. The third-order valence-electron chi connectivity index (χ3n) is 4.05.